The van der Waals surface area contributed by atoms with Crippen molar-refractivity contribution in [3.8, 4) is 0 Å². The summed E-state index contributed by atoms with van der Waals surface area (Å²) in [6, 6.07) is 0. The van der Waals surface area contributed by atoms with E-state index in [1.54, 1.807) is 7.05 Å². The first-order valence-electron chi connectivity index (χ1n) is 9.72. The largest absolute Gasteiger partial charge is 0.480 e. The van der Waals surface area contributed by atoms with Gasteiger partial charge < -0.3 is 5.11 Å². The fraction of sp³-hybridized carbons (Fsp3) is 0.632. The Balaban J connectivity index is 2.21. The Kier molecular flexibility index (Phi) is 6.22. The van der Waals surface area contributed by atoms with Crippen molar-refractivity contribution in [3.63, 3.8) is 0 Å². The second kappa shape index (κ2) is 8.46. The zero-order chi connectivity index (χ0) is 20.4. The van der Waals surface area contributed by atoms with Gasteiger partial charge in [-0.15, -0.1) is 0 Å². The van der Waals surface area contributed by atoms with Crippen LogP contribution in [0.15, 0.2) is 14.6 Å². The predicted molar refractivity (Wildman–Crippen MR) is 108 cm³/mol. The second-order valence-corrected chi connectivity index (χ2v) is 8.55. The van der Waals surface area contributed by atoms with E-state index in [0.717, 1.165) is 54.9 Å². The first-order chi connectivity index (χ1) is 13.3. The molecule has 9 heteroatoms. The minimum Gasteiger partial charge on any atom is -0.480 e. The first kappa shape index (κ1) is 20.6. The Morgan fingerprint density at radius 1 is 1.21 bits per heavy atom. The number of unbranched alkanes of at least 4 members (excludes halogenated alkanes) is 1. The van der Waals surface area contributed by atoms with E-state index < -0.39 is 22.5 Å². The number of hydrogen-bond donors (Lipinski definition) is 1. The number of aliphatic carboxylic acids is 1. The molecule has 0 amide bonds. The molecule has 0 radical (unpaired) electrons. The van der Waals surface area contributed by atoms with Gasteiger partial charge in [0.2, 0.25) is 0 Å². The number of aryl methyl sites for hydroxylation is 1. The van der Waals surface area contributed by atoms with Gasteiger partial charge in [0, 0.05) is 20.0 Å². The molecule has 1 saturated carbocycles. The molecule has 0 saturated heterocycles. The lowest BCUT2D eigenvalue weighted by molar-refractivity contribution is -0.136. The summed E-state index contributed by atoms with van der Waals surface area (Å²) in [6.07, 6.45) is 6.28. The van der Waals surface area contributed by atoms with Gasteiger partial charge in [0.05, 0.1) is 0 Å². The number of carbonyl (C=O) groups is 1. The molecule has 1 aliphatic rings. The maximum Gasteiger partial charge on any atom is 0.332 e. The van der Waals surface area contributed by atoms with Crippen molar-refractivity contribution in [3.05, 3.63) is 26.7 Å². The second-order valence-electron chi connectivity index (χ2n) is 7.36. The summed E-state index contributed by atoms with van der Waals surface area (Å²) >= 11 is 1.10. The summed E-state index contributed by atoms with van der Waals surface area (Å²) < 4.78 is 2.37. The first-order valence-corrected chi connectivity index (χ1v) is 10.6. The zero-order valence-electron chi connectivity index (χ0n) is 16.5. The lowest BCUT2D eigenvalue weighted by Gasteiger charge is -2.16. The van der Waals surface area contributed by atoms with Crippen molar-refractivity contribution >= 4 is 28.8 Å². The van der Waals surface area contributed by atoms with Crippen LogP contribution in [0.4, 0.5) is 0 Å². The third-order valence-corrected chi connectivity index (χ3v) is 6.59. The summed E-state index contributed by atoms with van der Waals surface area (Å²) in [7, 11) is 2.99. The van der Waals surface area contributed by atoms with E-state index in [9.17, 15) is 19.5 Å². The standard InChI is InChI=1S/C19H26N4O4S/c1-4-5-10-12(18(25)26)28-16-13-15(22(2)19(27)23(3)17(13)24)20-14(21-16)11-8-6-7-9-11/h11-12H,4-10H2,1-3H3,(H,25,26)/t12-/m0/s1. The van der Waals surface area contributed by atoms with Crippen molar-refractivity contribution in [2.45, 2.75) is 68.1 Å². The van der Waals surface area contributed by atoms with E-state index in [2.05, 4.69) is 9.97 Å². The summed E-state index contributed by atoms with van der Waals surface area (Å²) in [5, 5.41) is 9.52. The smallest absolute Gasteiger partial charge is 0.332 e. The van der Waals surface area contributed by atoms with Crippen LogP contribution in [0.3, 0.4) is 0 Å². The molecular weight excluding hydrogens is 380 g/mol. The van der Waals surface area contributed by atoms with E-state index in [4.69, 9.17) is 0 Å². The van der Waals surface area contributed by atoms with Crippen LogP contribution in [0.5, 0.6) is 0 Å². The molecule has 2 aromatic rings. The van der Waals surface area contributed by atoms with Crippen LogP contribution < -0.4 is 11.2 Å². The molecule has 0 aromatic carbocycles. The van der Waals surface area contributed by atoms with E-state index in [0.29, 0.717) is 17.3 Å². The van der Waals surface area contributed by atoms with Gasteiger partial charge in [-0.05, 0) is 19.3 Å². The number of carboxylic acids is 1. The molecule has 0 spiro atoms. The van der Waals surface area contributed by atoms with Crippen LogP contribution in [0.2, 0.25) is 0 Å². The molecular formula is C19H26N4O4S. The van der Waals surface area contributed by atoms with Crippen LogP contribution in [0.1, 0.15) is 63.6 Å². The van der Waals surface area contributed by atoms with Gasteiger partial charge in [0.15, 0.2) is 5.65 Å². The highest BCUT2D eigenvalue weighted by Gasteiger charge is 2.27. The molecule has 1 atom stereocenters. The average Bonchev–Trinajstić information content (AvgIpc) is 3.21. The third kappa shape index (κ3) is 3.85. The number of nitrogens with zero attached hydrogens (tertiary/aromatic N) is 4. The number of rotatable bonds is 7. The number of fused-ring (bicyclic) bond motifs is 1. The average molecular weight is 407 g/mol. The third-order valence-electron chi connectivity index (χ3n) is 5.35. The Bertz CT molecular complexity index is 1010. The highest BCUT2D eigenvalue weighted by Crippen LogP contribution is 2.35. The normalized spacial score (nSPS) is 16.0. The minimum absolute atomic E-state index is 0.182. The fourth-order valence-corrected chi connectivity index (χ4v) is 4.75. The minimum atomic E-state index is -0.922. The van der Waals surface area contributed by atoms with Gasteiger partial charge in [-0.1, -0.05) is 44.4 Å². The molecule has 2 aromatic heterocycles. The molecule has 3 rings (SSSR count). The zero-order valence-corrected chi connectivity index (χ0v) is 17.3. The van der Waals surface area contributed by atoms with Crippen LogP contribution >= 0.6 is 11.8 Å². The molecule has 152 valence electrons. The Morgan fingerprint density at radius 2 is 1.89 bits per heavy atom. The van der Waals surface area contributed by atoms with Gasteiger partial charge in [0.25, 0.3) is 5.56 Å². The summed E-state index contributed by atoms with van der Waals surface area (Å²) in [6.45, 7) is 2.01. The maximum atomic E-state index is 12.8. The Morgan fingerprint density at radius 3 is 2.50 bits per heavy atom. The van der Waals surface area contributed by atoms with Crippen molar-refractivity contribution in [2.75, 3.05) is 0 Å². The van der Waals surface area contributed by atoms with Gasteiger partial charge in [-0.3, -0.25) is 18.7 Å². The van der Waals surface area contributed by atoms with E-state index in [1.165, 1.54) is 11.6 Å². The molecule has 8 nitrogen and oxygen atoms in total. The molecule has 0 bridgehead atoms. The maximum absolute atomic E-state index is 12.8. The van der Waals surface area contributed by atoms with Crippen molar-refractivity contribution < 1.29 is 9.90 Å². The van der Waals surface area contributed by atoms with Gasteiger partial charge in [0.1, 0.15) is 21.5 Å². The fourth-order valence-electron chi connectivity index (χ4n) is 3.65. The lowest BCUT2D eigenvalue weighted by Crippen LogP contribution is -2.38. The Hall–Kier alpha value is -2.16. The van der Waals surface area contributed by atoms with E-state index >= 15 is 0 Å². The van der Waals surface area contributed by atoms with Crippen LogP contribution in [-0.4, -0.2) is 35.4 Å². The monoisotopic (exact) mass is 406 g/mol. The molecule has 1 aliphatic carbocycles. The molecule has 2 heterocycles. The summed E-state index contributed by atoms with van der Waals surface area (Å²) in [4.78, 5) is 46.2. The summed E-state index contributed by atoms with van der Waals surface area (Å²) in [5.41, 5.74) is -0.657. The molecule has 0 aliphatic heterocycles. The number of aromatic nitrogens is 4. The van der Waals surface area contributed by atoms with E-state index in [-0.39, 0.29) is 17.0 Å². The van der Waals surface area contributed by atoms with Gasteiger partial charge >= 0.3 is 11.7 Å². The lowest BCUT2D eigenvalue weighted by atomic mass is 10.1. The van der Waals surface area contributed by atoms with Crippen molar-refractivity contribution in [1.29, 1.82) is 0 Å². The molecule has 1 N–H and O–H groups in total. The predicted octanol–water partition coefficient (Wildman–Crippen LogP) is 2.42. The molecule has 28 heavy (non-hydrogen) atoms. The van der Waals surface area contributed by atoms with Crippen LogP contribution in [0.25, 0.3) is 11.0 Å². The number of thioether (sulfide) groups is 1. The van der Waals surface area contributed by atoms with Crippen molar-refractivity contribution in [1.82, 2.24) is 19.1 Å². The SMILES string of the molecule is CCCC[C@H](Sc1nc(C2CCCC2)nc2c1c(=O)n(C)c(=O)n2C)C(=O)O. The Labute approximate surface area is 167 Å². The quantitative estimate of drug-likeness (QED) is 0.556. The molecule has 0 unspecified atom stereocenters. The highest BCUT2D eigenvalue weighted by atomic mass is 32.2. The summed E-state index contributed by atoms with van der Waals surface area (Å²) in [5.74, 6) is -0.133. The van der Waals surface area contributed by atoms with E-state index in [1.807, 2.05) is 6.92 Å². The number of carboxylic acid groups (broad SMARTS) is 1. The highest BCUT2D eigenvalue weighted by molar-refractivity contribution is 8.00. The van der Waals surface area contributed by atoms with Crippen molar-refractivity contribution in [2.24, 2.45) is 14.1 Å². The van der Waals surface area contributed by atoms with Crippen LogP contribution in [0, 0.1) is 0 Å². The molecule has 1 fully saturated rings. The van der Waals surface area contributed by atoms with Crippen LogP contribution in [-0.2, 0) is 18.9 Å². The van der Waals surface area contributed by atoms with Gasteiger partial charge in [-0.2, -0.15) is 0 Å². The number of hydrogen-bond acceptors (Lipinski definition) is 6. The topological polar surface area (TPSA) is 107 Å². The van der Waals surface area contributed by atoms with Gasteiger partial charge in [-0.25, -0.2) is 14.8 Å².